The Kier molecular flexibility index (Phi) is 13.7. The molecule has 33 heavy (non-hydrogen) atoms. The highest BCUT2D eigenvalue weighted by molar-refractivity contribution is 14.0. The monoisotopic (exact) mass is 572 g/mol. The maximum absolute atomic E-state index is 12.6. The van der Waals surface area contributed by atoms with Crippen LogP contribution in [0.4, 0.5) is 0 Å². The van der Waals surface area contributed by atoms with Crippen LogP contribution in [0.3, 0.4) is 0 Å². The summed E-state index contributed by atoms with van der Waals surface area (Å²) in [6.07, 6.45) is 5.44. The molecule has 3 rings (SSSR count). The molecule has 1 fully saturated rings. The molecule has 2 heterocycles. The van der Waals surface area contributed by atoms with Gasteiger partial charge in [0.15, 0.2) is 5.96 Å². The van der Waals surface area contributed by atoms with Gasteiger partial charge in [-0.15, -0.1) is 24.0 Å². The fourth-order valence-electron chi connectivity index (χ4n) is 4.17. The molecule has 0 bridgehead atoms. The minimum atomic E-state index is 0. The molecule has 0 aromatic heterocycles. The number of rotatable bonds is 11. The fraction of sp³-hybridized carbons (Fsp3) is 0.680. The van der Waals surface area contributed by atoms with E-state index in [2.05, 4.69) is 46.8 Å². The van der Waals surface area contributed by atoms with Crippen molar-refractivity contribution in [3.05, 3.63) is 35.4 Å². The van der Waals surface area contributed by atoms with Gasteiger partial charge < -0.3 is 25.0 Å². The summed E-state index contributed by atoms with van der Waals surface area (Å²) in [7, 11) is 0. The third-order valence-electron chi connectivity index (χ3n) is 6.10. The second-order valence-corrected chi connectivity index (χ2v) is 8.61. The van der Waals surface area contributed by atoms with Crippen molar-refractivity contribution < 1.29 is 14.3 Å². The van der Waals surface area contributed by atoms with Crippen molar-refractivity contribution in [2.75, 3.05) is 52.6 Å². The van der Waals surface area contributed by atoms with Gasteiger partial charge in [0, 0.05) is 65.6 Å². The molecule has 1 aromatic carbocycles. The summed E-state index contributed by atoms with van der Waals surface area (Å²) in [6, 6.07) is 8.42. The lowest BCUT2D eigenvalue weighted by atomic mass is 9.99. The zero-order valence-corrected chi connectivity index (χ0v) is 22.4. The number of guanidine groups is 1. The summed E-state index contributed by atoms with van der Waals surface area (Å²) < 4.78 is 11.2. The van der Waals surface area contributed by atoms with Gasteiger partial charge in [0.25, 0.3) is 0 Å². The normalized spacial score (nSPS) is 16.6. The van der Waals surface area contributed by atoms with E-state index in [0.717, 1.165) is 90.7 Å². The van der Waals surface area contributed by atoms with Crippen molar-refractivity contribution in [3.8, 4) is 0 Å². The number of fused-ring (bicyclic) bond motifs is 1. The third-order valence-corrected chi connectivity index (χ3v) is 6.10. The number of carbonyl (C=O) groups is 1. The van der Waals surface area contributed by atoms with Gasteiger partial charge in [-0.1, -0.05) is 24.3 Å². The Labute approximate surface area is 216 Å². The van der Waals surface area contributed by atoms with E-state index in [4.69, 9.17) is 9.47 Å². The molecule has 0 atom stereocenters. The molecule has 1 aromatic rings. The molecule has 186 valence electrons. The van der Waals surface area contributed by atoms with Gasteiger partial charge in [0.2, 0.25) is 5.91 Å². The molecule has 0 saturated carbocycles. The van der Waals surface area contributed by atoms with Crippen LogP contribution in [0.5, 0.6) is 0 Å². The molecule has 8 heteroatoms. The standard InChI is InChI=1S/C25H40N4O3.HI/c1-2-26-25(28-14-6-16-32-20-21-11-17-31-18-12-21)27-13-5-9-24(30)29-15-10-22-7-3-4-8-23(22)19-29;/h3-4,7-8,21H,2,5-6,9-20H2,1H3,(H2,26,27,28);1H. The average Bonchev–Trinajstić information content (AvgIpc) is 2.84. The third kappa shape index (κ3) is 10.2. The van der Waals surface area contributed by atoms with E-state index < -0.39 is 0 Å². The molecule has 1 saturated heterocycles. The second-order valence-electron chi connectivity index (χ2n) is 8.61. The fourth-order valence-corrected chi connectivity index (χ4v) is 4.17. The number of carbonyl (C=O) groups excluding carboxylic acids is 1. The Morgan fingerprint density at radius 1 is 1.18 bits per heavy atom. The van der Waals surface area contributed by atoms with Gasteiger partial charge in [0.1, 0.15) is 0 Å². The SMILES string of the molecule is CCNC(=NCCCC(=O)N1CCc2ccccc2C1)NCCCOCC1CCOCC1.I. The van der Waals surface area contributed by atoms with Gasteiger partial charge in [-0.05, 0) is 56.1 Å². The van der Waals surface area contributed by atoms with E-state index in [1.807, 2.05) is 4.90 Å². The first-order valence-electron chi connectivity index (χ1n) is 12.3. The van der Waals surface area contributed by atoms with Crippen LogP contribution in [0.25, 0.3) is 0 Å². The van der Waals surface area contributed by atoms with Crippen molar-refractivity contribution in [1.82, 2.24) is 15.5 Å². The summed E-state index contributed by atoms with van der Waals surface area (Å²) in [5.41, 5.74) is 2.65. The Balaban J connectivity index is 0.00000385. The van der Waals surface area contributed by atoms with E-state index in [1.165, 1.54) is 11.1 Å². The summed E-state index contributed by atoms with van der Waals surface area (Å²) in [6.45, 7) is 9.25. The lowest BCUT2D eigenvalue weighted by Gasteiger charge is -2.28. The van der Waals surface area contributed by atoms with Crippen LogP contribution >= 0.6 is 24.0 Å². The van der Waals surface area contributed by atoms with Crippen LogP contribution in [0.1, 0.15) is 50.2 Å². The highest BCUT2D eigenvalue weighted by atomic mass is 127. The zero-order valence-electron chi connectivity index (χ0n) is 20.0. The maximum atomic E-state index is 12.6. The van der Waals surface area contributed by atoms with Gasteiger partial charge in [-0.3, -0.25) is 9.79 Å². The Morgan fingerprint density at radius 3 is 2.76 bits per heavy atom. The topological polar surface area (TPSA) is 75.2 Å². The van der Waals surface area contributed by atoms with Gasteiger partial charge >= 0.3 is 0 Å². The molecule has 1 amide bonds. The molecule has 2 aliphatic heterocycles. The highest BCUT2D eigenvalue weighted by Crippen LogP contribution is 2.19. The average molecular weight is 573 g/mol. The van der Waals surface area contributed by atoms with Crippen LogP contribution in [0.15, 0.2) is 29.3 Å². The van der Waals surface area contributed by atoms with Crippen molar-refractivity contribution in [1.29, 1.82) is 0 Å². The van der Waals surface area contributed by atoms with E-state index in [-0.39, 0.29) is 29.9 Å². The quantitative estimate of drug-likeness (QED) is 0.184. The van der Waals surface area contributed by atoms with E-state index in [9.17, 15) is 4.79 Å². The predicted octanol–water partition coefficient (Wildman–Crippen LogP) is 3.36. The van der Waals surface area contributed by atoms with Crippen LogP contribution in [-0.4, -0.2) is 69.4 Å². The zero-order chi connectivity index (χ0) is 22.4. The van der Waals surface area contributed by atoms with Crippen molar-refractivity contribution in [2.45, 2.75) is 52.0 Å². The van der Waals surface area contributed by atoms with Crippen molar-refractivity contribution in [3.63, 3.8) is 0 Å². The first-order valence-corrected chi connectivity index (χ1v) is 12.3. The van der Waals surface area contributed by atoms with E-state index >= 15 is 0 Å². The molecular weight excluding hydrogens is 531 g/mol. The van der Waals surface area contributed by atoms with Crippen LogP contribution in [0.2, 0.25) is 0 Å². The number of nitrogens with one attached hydrogen (secondary N) is 2. The molecule has 2 N–H and O–H groups in total. The molecule has 0 spiro atoms. The molecule has 0 aliphatic carbocycles. The molecule has 0 unspecified atom stereocenters. The second kappa shape index (κ2) is 16.3. The van der Waals surface area contributed by atoms with E-state index in [0.29, 0.717) is 18.9 Å². The first kappa shape index (κ1) is 27.9. The Hall–Kier alpha value is -1.39. The van der Waals surface area contributed by atoms with Crippen LogP contribution in [-0.2, 0) is 27.2 Å². The number of ether oxygens (including phenoxy) is 2. The number of hydrogen-bond acceptors (Lipinski definition) is 4. The van der Waals surface area contributed by atoms with Gasteiger partial charge in [-0.2, -0.15) is 0 Å². The number of nitrogens with zero attached hydrogens (tertiary/aromatic N) is 2. The summed E-state index contributed by atoms with van der Waals surface area (Å²) in [4.78, 5) is 19.2. The number of halogens is 1. The molecule has 0 radical (unpaired) electrons. The van der Waals surface area contributed by atoms with E-state index in [1.54, 1.807) is 0 Å². The number of hydrogen-bond donors (Lipinski definition) is 2. The minimum absolute atomic E-state index is 0. The number of amides is 1. The van der Waals surface area contributed by atoms with Gasteiger partial charge in [0.05, 0.1) is 0 Å². The Morgan fingerprint density at radius 2 is 1.97 bits per heavy atom. The largest absolute Gasteiger partial charge is 0.381 e. The summed E-state index contributed by atoms with van der Waals surface area (Å²) in [5, 5.41) is 6.64. The lowest BCUT2D eigenvalue weighted by Crippen LogP contribution is -2.38. The van der Waals surface area contributed by atoms with Gasteiger partial charge in [-0.25, -0.2) is 0 Å². The molecule has 2 aliphatic rings. The maximum Gasteiger partial charge on any atom is 0.222 e. The summed E-state index contributed by atoms with van der Waals surface area (Å²) in [5.74, 6) is 1.70. The predicted molar refractivity (Wildman–Crippen MR) is 143 cm³/mol. The smallest absolute Gasteiger partial charge is 0.222 e. The molecule has 7 nitrogen and oxygen atoms in total. The lowest BCUT2D eigenvalue weighted by molar-refractivity contribution is -0.132. The summed E-state index contributed by atoms with van der Waals surface area (Å²) >= 11 is 0. The van der Waals surface area contributed by atoms with Crippen LogP contribution < -0.4 is 10.6 Å². The van der Waals surface area contributed by atoms with Crippen molar-refractivity contribution in [2.24, 2.45) is 10.9 Å². The highest BCUT2D eigenvalue weighted by Gasteiger charge is 2.19. The Bertz CT molecular complexity index is 725. The van der Waals surface area contributed by atoms with Crippen molar-refractivity contribution >= 4 is 35.8 Å². The first-order chi connectivity index (χ1) is 15.8. The number of benzene rings is 1. The van der Waals surface area contributed by atoms with Crippen LogP contribution in [0, 0.1) is 5.92 Å². The number of aliphatic imine (C=N–C) groups is 1. The minimum Gasteiger partial charge on any atom is -0.381 e. The molecular formula is C25H41IN4O3.